The first kappa shape index (κ1) is 19.5. The van der Waals surface area contributed by atoms with E-state index in [1.54, 1.807) is 25.1 Å². The Balaban J connectivity index is 1.87. The maximum atomic E-state index is 12.9. The molecule has 0 amide bonds. The molecule has 146 valence electrons. The fourth-order valence-corrected chi connectivity index (χ4v) is 3.00. The van der Waals surface area contributed by atoms with Crippen molar-refractivity contribution in [2.24, 2.45) is 0 Å². The van der Waals surface area contributed by atoms with Gasteiger partial charge in [0.1, 0.15) is 22.8 Å². The molecule has 0 unspecified atom stereocenters. The summed E-state index contributed by atoms with van der Waals surface area (Å²) in [7, 11) is 0. The largest absolute Gasteiger partial charge is 0.493 e. The Bertz CT molecular complexity index is 1060. The van der Waals surface area contributed by atoms with Crippen molar-refractivity contribution >= 4 is 16.9 Å². The molecule has 0 radical (unpaired) electrons. The van der Waals surface area contributed by atoms with E-state index >= 15 is 0 Å². The highest BCUT2D eigenvalue weighted by atomic mass is 16.5. The predicted molar refractivity (Wildman–Crippen MR) is 106 cm³/mol. The maximum Gasteiger partial charge on any atom is 0.303 e. The molecule has 0 atom stereocenters. The van der Waals surface area contributed by atoms with E-state index in [2.05, 4.69) is 0 Å². The quantitative estimate of drug-likeness (QED) is 0.593. The molecule has 0 aliphatic heterocycles. The summed E-state index contributed by atoms with van der Waals surface area (Å²) in [5.41, 5.74) is 2.23. The molecule has 0 fully saturated rings. The van der Waals surface area contributed by atoms with Crippen molar-refractivity contribution in [2.45, 2.75) is 33.6 Å². The van der Waals surface area contributed by atoms with Gasteiger partial charge in [0, 0.05) is 12.5 Å². The van der Waals surface area contributed by atoms with E-state index in [9.17, 15) is 9.59 Å². The molecule has 0 aliphatic carbocycles. The van der Waals surface area contributed by atoms with Gasteiger partial charge in [0.05, 0.1) is 12.0 Å². The number of carbonyl (C=O) groups is 1. The molecule has 1 N–H and O–H groups in total. The van der Waals surface area contributed by atoms with E-state index in [0.717, 1.165) is 11.1 Å². The van der Waals surface area contributed by atoms with Gasteiger partial charge in [-0.15, -0.1) is 0 Å². The SMILES string of the molecule is Cc1cc(C)cc(Oc2c(C)oc3cc(OCCCC(=O)O)ccc3c2=O)c1. The van der Waals surface area contributed by atoms with Crippen LogP contribution < -0.4 is 14.9 Å². The smallest absolute Gasteiger partial charge is 0.303 e. The Morgan fingerprint density at radius 1 is 1.04 bits per heavy atom. The van der Waals surface area contributed by atoms with Crippen LogP contribution in [0.15, 0.2) is 45.6 Å². The van der Waals surface area contributed by atoms with Crippen LogP contribution in [-0.4, -0.2) is 17.7 Å². The van der Waals surface area contributed by atoms with Crippen LogP contribution in [0.4, 0.5) is 0 Å². The minimum Gasteiger partial charge on any atom is -0.493 e. The third-order valence-corrected chi connectivity index (χ3v) is 4.21. The van der Waals surface area contributed by atoms with Crippen LogP contribution in [-0.2, 0) is 4.79 Å². The number of ether oxygens (including phenoxy) is 2. The second-order valence-electron chi connectivity index (χ2n) is 6.75. The molecule has 0 spiro atoms. The van der Waals surface area contributed by atoms with Gasteiger partial charge >= 0.3 is 5.97 Å². The van der Waals surface area contributed by atoms with E-state index in [4.69, 9.17) is 19.0 Å². The third kappa shape index (κ3) is 4.52. The Kier molecular flexibility index (Phi) is 5.68. The second-order valence-corrected chi connectivity index (χ2v) is 6.75. The Morgan fingerprint density at radius 3 is 2.43 bits per heavy atom. The van der Waals surface area contributed by atoms with Crippen LogP contribution in [0.5, 0.6) is 17.2 Å². The number of hydrogen-bond donors (Lipinski definition) is 1. The number of hydrogen-bond acceptors (Lipinski definition) is 5. The second kappa shape index (κ2) is 8.17. The number of rotatable bonds is 7. The maximum absolute atomic E-state index is 12.9. The molecule has 0 saturated carbocycles. The van der Waals surface area contributed by atoms with Crippen LogP contribution in [0.1, 0.15) is 29.7 Å². The van der Waals surface area contributed by atoms with Crippen molar-refractivity contribution in [1.29, 1.82) is 0 Å². The standard InChI is InChI=1S/C22H22O6/c1-13-9-14(2)11-17(10-13)28-22-15(3)27-19-12-16(6-7-18(19)21(22)25)26-8-4-5-20(23)24/h6-7,9-12H,4-5,8H2,1-3H3,(H,23,24). The lowest BCUT2D eigenvalue weighted by molar-refractivity contribution is -0.137. The highest BCUT2D eigenvalue weighted by molar-refractivity contribution is 5.79. The first-order valence-corrected chi connectivity index (χ1v) is 9.01. The van der Waals surface area contributed by atoms with Crippen molar-refractivity contribution in [3.05, 3.63) is 63.5 Å². The third-order valence-electron chi connectivity index (χ3n) is 4.21. The molecule has 3 rings (SSSR count). The summed E-state index contributed by atoms with van der Waals surface area (Å²) in [5, 5.41) is 9.05. The van der Waals surface area contributed by atoms with Crippen LogP contribution in [0.2, 0.25) is 0 Å². The molecular formula is C22H22O6. The lowest BCUT2D eigenvalue weighted by atomic mass is 10.1. The van der Waals surface area contributed by atoms with Gasteiger partial charge in [0.25, 0.3) is 0 Å². The Labute approximate surface area is 162 Å². The van der Waals surface area contributed by atoms with Crippen molar-refractivity contribution in [3.8, 4) is 17.2 Å². The highest BCUT2D eigenvalue weighted by Crippen LogP contribution is 2.28. The molecule has 0 saturated heterocycles. The van der Waals surface area contributed by atoms with Crippen molar-refractivity contribution in [1.82, 2.24) is 0 Å². The van der Waals surface area contributed by atoms with Gasteiger partial charge in [-0.05, 0) is 62.6 Å². The van der Waals surface area contributed by atoms with E-state index in [1.807, 2.05) is 32.0 Å². The van der Waals surface area contributed by atoms with Crippen molar-refractivity contribution in [2.75, 3.05) is 6.61 Å². The average molecular weight is 382 g/mol. The average Bonchev–Trinajstić information content (AvgIpc) is 2.61. The number of fused-ring (bicyclic) bond motifs is 1. The summed E-state index contributed by atoms with van der Waals surface area (Å²) in [6, 6.07) is 10.7. The summed E-state index contributed by atoms with van der Waals surface area (Å²) < 4.78 is 17.2. The summed E-state index contributed by atoms with van der Waals surface area (Å²) >= 11 is 0. The van der Waals surface area contributed by atoms with Crippen LogP contribution in [0.25, 0.3) is 11.0 Å². The first-order valence-electron chi connectivity index (χ1n) is 9.01. The van der Waals surface area contributed by atoms with Gasteiger partial charge in [-0.3, -0.25) is 9.59 Å². The molecule has 6 heteroatoms. The van der Waals surface area contributed by atoms with E-state index < -0.39 is 5.97 Å². The van der Waals surface area contributed by atoms with Gasteiger partial charge in [-0.25, -0.2) is 0 Å². The molecule has 2 aromatic carbocycles. The van der Waals surface area contributed by atoms with E-state index in [1.165, 1.54) is 0 Å². The van der Waals surface area contributed by atoms with Gasteiger partial charge in [-0.1, -0.05) is 6.07 Å². The number of benzene rings is 2. The lowest BCUT2D eigenvalue weighted by Crippen LogP contribution is -2.08. The number of aryl methyl sites for hydroxylation is 3. The van der Waals surface area contributed by atoms with Crippen molar-refractivity contribution in [3.63, 3.8) is 0 Å². The first-order chi connectivity index (χ1) is 13.3. The molecule has 1 heterocycles. The van der Waals surface area contributed by atoms with Gasteiger partial charge in [-0.2, -0.15) is 0 Å². The van der Waals surface area contributed by atoms with E-state index in [0.29, 0.717) is 34.6 Å². The summed E-state index contributed by atoms with van der Waals surface area (Å²) in [6.45, 7) is 5.88. The summed E-state index contributed by atoms with van der Waals surface area (Å²) in [6.07, 6.45) is 0.444. The normalized spacial score (nSPS) is 10.8. The van der Waals surface area contributed by atoms with Crippen molar-refractivity contribution < 1.29 is 23.8 Å². The van der Waals surface area contributed by atoms with Crippen LogP contribution >= 0.6 is 0 Å². The molecule has 0 bridgehead atoms. The fourth-order valence-electron chi connectivity index (χ4n) is 3.00. The predicted octanol–water partition coefficient (Wildman–Crippen LogP) is 4.75. The van der Waals surface area contributed by atoms with E-state index in [-0.39, 0.29) is 24.2 Å². The van der Waals surface area contributed by atoms with Gasteiger partial charge in [0.15, 0.2) is 0 Å². The number of carboxylic acids is 1. The zero-order valence-corrected chi connectivity index (χ0v) is 16.1. The summed E-state index contributed by atoms with van der Waals surface area (Å²) in [4.78, 5) is 23.4. The monoisotopic (exact) mass is 382 g/mol. The molecule has 6 nitrogen and oxygen atoms in total. The number of aliphatic carboxylic acids is 1. The minimum absolute atomic E-state index is 0.0426. The van der Waals surface area contributed by atoms with Crippen LogP contribution in [0, 0.1) is 20.8 Å². The lowest BCUT2D eigenvalue weighted by Gasteiger charge is -2.11. The molecular weight excluding hydrogens is 360 g/mol. The fraction of sp³-hybridized carbons (Fsp3) is 0.273. The molecule has 1 aromatic heterocycles. The Hall–Kier alpha value is -3.28. The topological polar surface area (TPSA) is 86.0 Å². The molecule has 28 heavy (non-hydrogen) atoms. The van der Waals surface area contributed by atoms with Crippen LogP contribution in [0.3, 0.4) is 0 Å². The zero-order valence-electron chi connectivity index (χ0n) is 16.1. The molecule has 0 aliphatic rings. The molecule has 3 aromatic rings. The Morgan fingerprint density at radius 2 is 1.75 bits per heavy atom. The number of carboxylic acid groups (broad SMARTS) is 1. The minimum atomic E-state index is -0.861. The van der Waals surface area contributed by atoms with Gasteiger partial charge in [0.2, 0.25) is 11.2 Å². The summed E-state index contributed by atoms with van der Waals surface area (Å²) in [5.74, 6) is 0.779. The van der Waals surface area contributed by atoms with Gasteiger partial charge < -0.3 is 19.0 Å². The zero-order chi connectivity index (χ0) is 20.3. The highest BCUT2D eigenvalue weighted by Gasteiger charge is 2.15.